The van der Waals surface area contributed by atoms with Gasteiger partial charge in [0.1, 0.15) is 5.25 Å². The average Bonchev–Trinajstić information content (AvgIpc) is 3.14. The van der Waals surface area contributed by atoms with E-state index in [9.17, 15) is 26.4 Å². The lowest BCUT2D eigenvalue weighted by atomic mass is 10.0. The fraction of sp³-hybridized carbons (Fsp3) is 0.500. The Balaban J connectivity index is 2.10. The highest BCUT2D eigenvalue weighted by Crippen LogP contribution is 2.46. The quantitative estimate of drug-likeness (QED) is 0.917. The second-order valence-electron chi connectivity index (χ2n) is 5.51. The molecule has 0 bridgehead atoms. The molecule has 0 radical (unpaired) electrons. The summed E-state index contributed by atoms with van der Waals surface area (Å²) in [7, 11) is -3.53. The third kappa shape index (κ3) is 3.60. The first-order valence-corrected chi connectivity index (χ1v) is 8.62. The molecule has 122 valence electrons. The second-order valence-corrected chi connectivity index (χ2v) is 7.88. The van der Waals surface area contributed by atoms with Crippen molar-refractivity contribution >= 4 is 15.7 Å². The number of carbonyl (C=O) groups excluding carboxylic acids is 1. The molecule has 0 spiro atoms. The van der Waals surface area contributed by atoms with Gasteiger partial charge in [0.15, 0.2) is 9.84 Å². The summed E-state index contributed by atoms with van der Waals surface area (Å²) in [6, 6.07) is 4.76. The van der Waals surface area contributed by atoms with Crippen molar-refractivity contribution in [3.05, 3.63) is 35.4 Å². The molecule has 0 aliphatic heterocycles. The average molecular weight is 335 g/mol. The molecule has 0 saturated heterocycles. The van der Waals surface area contributed by atoms with Crippen molar-refractivity contribution in [1.82, 2.24) is 5.32 Å². The minimum Gasteiger partial charge on any atom is -0.352 e. The highest BCUT2D eigenvalue weighted by molar-refractivity contribution is 7.92. The SMILES string of the molecule is CC(C(=O)NC1CC1c1ccccc1C(F)(F)F)S(C)(=O)=O. The van der Waals surface area contributed by atoms with Gasteiger partial charge in [-0.05, 0) is 25.0 Å². The maximum Gasteiger partial charge on any atom is 0.416 e. The third-order valence-electron chi connectivity index (χ3n) is 3.80. The van der Waals surface area contributed by atoms with Gasteiger partial charge < -0.3 is 5.32 Å². The van der Waals surface area contributed by atoms with Crippen LogP contribution in [-0.2, 0) is 20.8 Å². The van der Waals surface area contributed by atoms with Gasteiger partial charge >= 0.3 is 6.18 Å². The Morgan fingerprint density at radius 3 is 2.45 bits per heavy atom. The summed E-state index contributed by atoms with van der Waals surface area (Å²) in [4.78, 5) is 11.8. The van der Waals surface area contributed by atoms with E-state index in [0.29, 0.717) is 6.42 Å². The lowest BCUT2D eigenvalue weighted by Crippen LogP contribution is -2.39. The molecule has 1 aromatic rings. The smallest absolute Gasteiger partial charge is 0.352 e. The van der Waals surface area contributed by atoms with Gasteiger partial charge in [0, 0.05) is 18.2 Å². The molecule has 1 fully saturated rings. The molecule has 1 N–H and O–H groups in total. The van der Waals surface area contributed by atoms with E-state index in [1.807, 2.05) is 0 Å². The summed E-state index contributed by atoms with van der Waals surface area (Å²) in [6.45, 7) is 1.26. The van der Waals surface area contributed by atoms with Gasteiger partial charge in [-0.15, -0.1) is 0 Å². The van der Waals surface area contributed by atoms with Crippen LogP contribution in [0.2, 0.25) is 0 Å². The van der Waals surface area contributed by atoms with E-state index in [4.69, 9.17) is 0 Å². The lowest BCUT2D eigenvalue weighted by Gasteiger charge is -2.13. The highest BCUT2D eigenvalue weighted by atomic mass is 32.2. The normalized spacial score (nSPS) is 23.0. The van der Waals surface area contributed by atoms with E-state index in [1.54, 1.807) is 0 Å². The van der Waals surface area contributed by atoms with Crippen molar-refractivity contribution < 1.29 is 26.4 Å². The Morgan fingerprint density at radius 1 is 1.32 bits per heavy atom. The molecule has 1 amide bonds. The number of benzene rings is 1. The number of hydrogen-bond acceptors (Lipinski definition) is 3. The Kier molecular flexibility index (Phi) is 4.25. The maximum atomic E-state index is 12.9. The van der Waals surface area contributed by atoms with Crippen LogP contribution in [-0.4, -0.2) is 31.9 Å². The molecule has 1 aromatic carbocycles. The van der Waals surface area contributed by atoms with Gasteiger partial charge in [-0.1, -0.05) is 18.2 Å². The van der Waals surface area contributed by atoms with Crippen molar-refractivity contribution in [3.8, 4) is 0 Å². The largest absolute Gasteiger partial charge is 0.416 e. The van der Waals surface area contributed by atoms with Crippen molar-refractivity contribution in [2.75, 3.05) is 6.26 Å². The molecule has 0 aromatic heterocycles. The lowest BCUT2D eigenvalue weighted by molar-refractivity contribution is -0.138. The van der Waals surface area contributed by atoms with Crippen molar-refractivity contribution in [1.29, 1.82) is 0 Å². The Hall–Kier alpha value is -1.57. The van der Waals surface area contributed by atoms with Gasteiger partial charge in [-0.25, -0.2) is 8.42 Å². The van der Waals surface area contributed by atoms with Crippen molar-refractivity contribution in [2.24, 2.45) is 0 Å². The van der Waals surface area contributed by atoms with Crippen LogP contribution in [0.4, 0.5) is 13.2 Å². The minimum atomic E-state index is -4.45. The number of halogens is 3. The Morgan fingerprint density at radius 2 is 1.91 bits per heavy atom. The first-order chi connectivity index (χ1) is 10.0. The van der Waals surface area contributed by atoms with E-state index in [-0.39, 0.29) is 5.56 Å². The zero-order chi connectivity index (χ0) is 16.7. The van der Waals surface area contributed by atoms with Crippen LogP contribution in [0.3, 0.4) is 0 Å². The van der Waals surface area contributed by atoms with E-state index in [0.717, 1.165) is 12.3 Å². The molecular formula is C14H16F3NO3S. The van der Waals surface area contributed by atoms with Crippen LogP contribution >= 0.6 is 0 Å². The van der Waals surface area contributed by atoms with Gasteiger partial charge in [0.2, 0.25) is 5.91 Å². The molecular weight excluding hydrogens is 319 g/mol. The summed E-state index contributed by atoms with van der Waals surface area (Å²) >= 11 is 0. The van der Waals surface area contributed by atoms with Gasteiger partial charge in [0.05, 0.1) is 5.56 Å². The van der Waals surface area contributed by atoms with Crippen molar-refractivity contribution in [3.63, 3.8) is 0 Å². The number of rotatable bonds is 4. The summed E-state index contributed by atoms with van der Waals surface area (Å²) < 4.78 is 61.4. The molecule has 3 unspecified atom stereocenters. The number of hydrogen-bond donors (Lipinski definition) is 1. The van der Waals surface area contributed by atoms with Crippen LogP contribution in [0.25, 0.3) is 0 Å². The van der Waals surface area contributed by atoms with Gasteiger partial charge in [-0.3, -0.25) is 4.79 Å². The summed E-state index contributed by atoms with van der Waals surface area (Å²) in [5.41, 5.74) is -0.583. The maximum absolute atomic E-state index is 12.9. The monoisotopic (exact) mass is 335 g/mol. The molecule has 3 atom stereocenters. The van der Waals surface area contributed by atoms with E-state index < -0.39 is 44.7 Å². The van der Waals surface area contributed by atoms with Gasteiger partial charge in [-0.2, -0.15) is 13.2 Å². The molecule has 2 rings (SSSR count). The number of amides is 1. The van der Waals surface area contributed by atoms with E-state index >= 15 is 0 Å². The predicted molar refractivity (Wildman–Crippen MR) is 75.0 cm³/mol. The predicted octanol–water partition coefficient (Wildman–Crippen LogP) is 2.11. The summed E-state index contributed by atoms with van der Waals surface area (Å²) in [5, 5.41) is 1.29. The molecule has 0 heterocycles. The summed E-state index contributed by atoms with van der Waals surface area (Å²) in [6.07, 6.45) is -3.14. The molecule has 1 aliphatic carbocycles. The second kappa shape index (κ2) is 5.57. The minimum absolute atomic E-state index is 0.132. The van der Waals surface area contributed by atoms with Crippen molar-refractivity contribution in [2.45, 2.75) is 36.7 Å². The van der Waals surface area contributed by atoms with Crippen LogP contribution in [0.1, 0.15) is 30.4 Å². The fourth-order valence-corrected chi connectivity index (χ4v) is 2.73. The first-order valence-electron chi connectivity index (χ1n) is 6.67. The van der Waals surface area contributed by atoms with E-state index in [1.165, 1.54) is 25.1 Å². The summed E-state index contributed by atoms with van der Waals surface area (Å²) in [5.74, 6) is -1.12. The molecule has 22 heavy (non-hydrogen) atoms. The standard InChI is InChI=1S/C14H16F3NO3S/c1-8(22(2,20)21)13(19)18-12-7-10(12)9-5-3-4-6-11(9)14(15,16)17/h3-6,8,10,12H,7H2,1-2H3,(H,18,19). The van der Waals surface area contributed by atoms with Crippen LogP contribution < -0.4 is 5.32 Å². The number of alkyl halides is 3. The Labute approximate surface area is 126 Å². The molecule has 1 aliphatic rings. The third-order valence-corrected chi connectivity index (χ3v) is 5.29. The Bertz CT molecular complexity index is 685. The topological polar surface area (TPSA) is 63.2 Å². The molecule has 4 nitrogen and oxygen atoms in total. The zero-order valence-corrected chi connectivity index (χ0v) is 12.8. The van der Waals surface area contributed by atoms with E-state index in [2.05, 4.69) is 5.32 Å². The highest BCUT2D eigenvalue weighted by Gasteiger charge is 2.45. The molecule has 1 saturated carbocycles. The fourth-order valence-electron chi connectivity index (χ4n) is 2.27. The molecule has 8 heteroatoms. The number of sulfone groups is 1. The number of nitrogens with one attached hydrogen (secondary N) is 1. The van der Waals surface area contributed by atoms with Crippen LogP contribution in [0, 0.1) is 0 Å². The van der Waals surface area contributed by atoms with Crippen LogP contribution in [0.5, 0.6) is 0 Å². The zero-order valence-electron chi connectivity index (χ0n) is 12.0. The van der Waals surface area contributed by atoms with Gasteiger partial charge in [0.25, 0.3) is 0 Å². The number of carbonyl (C=O) groups is 1. The first kappa shape index (κ1) is 16.8. The van der Waals surface area contributed by atoms with Crippen LogP contribution in [0.15, 0.2) is 24.3 Å².